The number of amides is 2. The summed E-state index contributed by atoms with van der Waals surface area (Å²) < 4.78 is 17.2. The number of methoxy groups -OCH3 is 3. The third kappa shape index (κ3) is 6.45. The molecule has 0 saturated carbocycles. The number of anilines is 2. The minimum Gasteiger partial charge on any atom is -0.493 e. The van der Waals surface area contributed by atoms with E-state index in [0.29, 0.717) is 53.3 Å². The van der Waals surface area contributed by atoms with E-state index in [1.165, 1.54) is 6.92 Å². The molecule has 0 fully saturated rings. The SMILES string of the molecule is COc1cc2c(c(OC)c1OC)-c1ccc(N[C@H](CC(C)C)C(=O)Nc3cccc4[nH]ccc34)c(=O)cc1[C@H](NC(C)=O)CC2. The van der Waals surface area contributed by atoms with Crippen LogP contribution >= 0.6 is 0 Å². The van der Waals surface area contributed by atoms with Crippen molar-refractivity contribution in [2.24, 2.45) is 5.92 Å². The standard InChI is InChI=1S/C35H40N4O6/c1-19(2)16-29(35(42)39-26-9-7-8-25-23(26)14-15-36-25)38-28-13-11-22-24(18-30(28)41)27(37-20(3)40)12-10-21-17-31(43-4)33(44-5)34(45-6)32(21)22/h7-9,11,13-15,17-19,27,29,36H,10,12,16H2,1-6H3,(H,37,40)(H,38,41)(H,39,42)/t27-,29-/m1/s1. The van der Waals surface area contributed by atoms with Gasteiger partial charge in [0.25, 0.3) is 0 Å². The van der Waals surface area contributed by atoms with Gasteiger partial charge in [-0.3, -0.25) is 14.4 Å². The number of fused-ring (bicyclic) bond motifs is 4. The molecule has 5 rings (SSSR count). The zero-order valence-corrected chi connectivity index (χ0v) is 26.5. The van der Waals surface area contributed by atoms with E-state index in [2.05, 4.69) is 20.9 Å². The summed E-state index contributed by atoms with van der Waals surface area (Å²) >= 11 is 0. The van der Waals surface area contributed by atoms with E-state index in [1.54, 1.807) is 33.5 Å². The molecule has 2 atom stereocenters. The van der Waals surface area contributed by atoms with Crippen molar-refractivity contribution in [3.8, 4) is 28.4 Å². The fraction of sp³-hybridized carbons (Fsp3) is 0.343. The molecule has 1 heterocycles. The first-order valence-electron chi connectivity index (χ1n) is 15.1. The maximum absolute atomic E-state index is 13.9. The second kappa shape index (κ2) is 13.3. The fourth-order valence-electron chi connectivity index (χ4n) is 6.13. The molecule has 3 aromatic carbocycles. The number of aromatic nitrogens is 1. The summed E-state index contributed by atoms with van der Waals surface area (Å²) in [5.74, 6) is 1.15. The number of H-pyrrole nitrogens is 1. The lowest BCUT2D eigenvalue weighted by Gasteiger charge is -2.21. The number of carbonyl (C=O) groups excluding carboxylic acids is 2. The Morgan fingerprint density at radius 3 is 2.44 bits per heavy atom. The first-order chi connectivity index (χ1) is 21.6. The first-order valence-corrected chi connectivity index (χ1v) is 15.1. The highest BCUT2D eigenvalue weighted by Gasteiger charge is 2.30. The monoisotopic (exact) mass is 612 g/mol. The first kappa shape index (κ1) is 31.4. The Bertz CT molecular complexity index is 1800. The summed E-state index contributed by atoms with van der Waals surface area (Å²) in [6, 6.07) is 13.5. The average molecular weight is 613 g/mol. The second-order valence-corrected chi connectivity index (χ2v) is 11.7. The predicted octanol–water partition coefficient (Wildman–Crippen LogP) is 5.81. The van der Waals surface area contributed by atoms with Gasteiger partial charge >= 0.3 is 0 Å². The molecule has 0 bridgehead atoms. The van der Waals surface area contributed by atoms with Crippen molar-refractivity contribution in [3.05, 3.63) is 76.1 Å². The van der Waals surface area contributed by atoms with Gasteiger partial charge in [-0.05, 0) is 78.3 Å². The van der Waals surface area contributed by atoms with Crippen molar-refractivity contribution < 1.29 is 23.8 Å². The zero-order chi connectivity index (χ0) is 32.2. The van der Waals surface area contributed by atoms with E-state index in [-0.39, 0.29) is 28.8 Å². The van der Waals surface area contributed by atoms with Gasteiger partial charge in [0.1, 0.15) is 6.04 Å². The third-order valence-electron chi connectivity index (χ3n) is 8.12. The molecule has 4 N–H and O–H groups in total. The van der Waals surface area contributed by atoms with Gasteiger partial charge in [0, 0.05) is 29.6 Å². The van der Waals surface area contributed by atoms with Gasteiger partial charge in [-0.1, -0.05) is 26.0 Å². The predicted molar refractivity (Wildman–Crippen MR) is 176 cm³/mol. The van der Waals surface area contributed by atoms with Crippen LogP contribution in [0.15, 0.2) is 59.5 Å². The smallest absolute Gasteiger partial charge is 0.246 e. The van der Waals surface area contributed by atoms with Gasteiger partial charge in [0.2, 0.25) is 23.0 Å². The molecular formula is C35H40N4O6. The molecule has 236 valence electrons. The number of aryl methyl sites for hydroxylation is 1. The van der Waals surface area contributed by atoms with E-state index < -0.39 is 12.1 Å². The second-order valence-electron chi connectivity index (χ2n) is 11.7. The summed E-state index contributed by atoms with van der Waals surface area (Å²) in [5, 5.41) is 10.2. The lowest BCUT2D eigenvalue weighted by molar-refractivity contribution is -0.120. The summed E-state index contributed by atoms with van der Waals surface area (Å²) in [4.78, 5) is 43.0. The van der Waals surface area contributed by atoms with Crippen molar-refractivity contribution >= 4 is 34.1 Å². The molecular weight excluding hydrogens is 572 g/mol. The van der Waals surface area contributed by atoms with Gasteiger partial charge in [-0.2, -0.15) is 0 Å². The molecule has 1 aliphatic rings. The number of hydrogen-bond acceptors (Lipinski definition) is 7. The molecule has 1 aromatic heterocycles. The summed E-state index contributed by atoms with van der Waals surface area (Å²) in [5.41, 5.74) is 4.63. The quantitative estimate of drug-likeness (QED) is 0.178. The number of hydrogen-bond donors (Lipinski definition) is 4. The Morgan fingerprint density at radius 1 is 0.978 bits per heavy atom. The largest absolute Gasteiger partial charge is 0.493 e. The van der Waals surface area contributed by atoms with E-state index in [0.717, 1.165) is 22.0 Å². The maximum Gasteiger partial charge on any atom is 0.246 e. The Balaban J connectivity index is 1.61. The summed E-state index contributed by atoms with van der Waals surface area (Å²) in [6.45, 7) is 5.52. The summed E-state index contributed by atoms with van der Waals surface area (Å²) in [7, 11) is 4.67. The number of rotatable bonds is 10. The molecule has 0 radical (unpaired) electrons. The van der Waals surface area contributed by atoms with Crippen molar-refractivity contribution in [2.75, 3.05) is 32.0 Å². The highest BCUT2D eigenvalue weighted by molar-refractivity contribution is 6.04. The van der Waals surface area contributed by atoms with Crippen LogP contribution in [0.1, 0.15) is 50.8 Å². The van der Waals surface area contributed by atoms with Crippen LogP contribution in [0.25, 0.3) is 22.0 Å². The average Bonchev–Trinajstić information content (AvgIpc) is 3.38. The highest BCUT2D eigenvalue weighted by Crippen LogP contribution is 2.50. The molecule has 0 unspecified atom stereocenters. The lowest BCUT2D eigenvalue weighted by atomic mass is 9.95. The Labute approximate surface area is 262 Å². The van der Waals surface area contributed by atoms with Crippen LogP contribution in [0, 0.1) is 5.92 Å². The number of benzene rings is 2. The normalized spacial score (nSPS) is 14.5. The minimum absolute atomic E-state index is 0.170. The Morgan fingerprint density at radius 2 is 1.76 bits per heavy atom. The van der Waals surface area contributed by atoms with Gasteiger partial charge in [0.15, 0.2) is 11.5 Å². The number of nitrogens with one attached hydrogen (secondary N) is 4. The molecule has 0 aliphatic heterocycles. The molecule has 4 aromatic rings. The molecule has 45 heavy (non-hydrogen) atoms. The Kier molecular flexibility index (Phi) is 9.32. The third-order valence-corrected chi connectivity index (χ3v) is 8.12. The van der Waals surface area contributed by atoms with Crippen LogP contribution in [0.2, 0.25) is 0 Å². The molecule has 10 nitrogen and oxygen atoms in total. The lowest BCUT2D eigenvalue weighted by Crippen LogP contribution is -2.37. The molecule has 0 spiro atoms. The highest BCUT2D eigenvalue weighted by atomic mass is 16.5. The van der Waals surface area contributed by atoms with Crippen LogP contribution in [0.3, 0.4) is 0 Å². The maximum atomic E-state index is 13.9. The molecule has 1 aliphatic carbocycles. The fourth-order valence-corrected chi connectivity index (χ4v) is 6.13. The molecule has 0 saturated heterocycles. The number of aromatic amines is 1. The van der Waals surface area contributed by atoms with Crippen LogP contribution < -0.4 is 35.6 Å². The summed E-state index contributed by atoms with van der Waals surface area (Å²) in [6.07, 6.45) is 3.47. The Hall–Kier alpha value is -4.99. The van der Waals surface area contributed by atoms with E-state index in [4.69, 9.17) is 14.2 Å². The zero-order valence-electron chi connectivity index (χ0n) is 26.5. The van der Waals surface area contributed by atoms with Crippen LogP contribution in [-0.2, 0) is 16.0 Å². The van der Waals surface area contributed by atoms with Crippen LogP contribution in [0.4, 0.5) is 11.4 Å². The van der Waals surface area contributed by atoms with Gasteiger partial charge in [-0.25, -0.2) is 0 Å². The van der Waals surface area contributed by atoms with Crippen molar-refractivity contribution in [1.29, 1.82) is 0 Å². The molecule has 10 heteroatoms. The van der Waals surface area contributed by atoms with E-state index in [1.807, 2.05) is 56.4 Å². The van der Waals surface area contributed by atoms with Crippen LogP contribution in [0.5, 0.6) is 17.2 Å². The molecule has 2 amide bonds. The van der Waals surface area contributed by atoms with E-state index in [9.17, 15) is 14.4 Å². The van der Waals surface area contributed by atoms with Gasteiger partial charge in [0.05, 0.1) is 38.7 Å². The minimum atomic E-state index is -0.688. The topological polar surface area (TPSA) is 131 Å². The van der Waals surface area contributed by atoms with Gasteiger partial charge in [-0.15, -0.1) is 0 Å². The van der Waals surface area contributed by atoms with E-state index >= 15 is 0 Å². The van der Waals surface area contributed by atoms with Crippen molar-refractivity contribution in [1.82, 2.24) is 10.3 Å². The van der Waals surface area contributed by atoms with Crippen molar-refractivity contribution in [3.63, 3.8) is 0 Å². The van der Waals surface area contributed by atoms with Gasteiger partial charge < -0.3 is 35.1 Å². The number of carbonyl (C=O) groups is 2. The van der Waals surface area contributed by atoms with Crippen molar-refractivity contribution in [2.45, 2.75) is 52.1 Å². The number of ether oxygens (including phenoxy) is 3. The van der Waals surface area contributed by atoms with Crippen LogP contribution in [-0.4, -0.2) is 44.2 Å².